The maximum atomic E-state index is 14.1. The lowest BCUT2D eigenvalue weighted by Crippen LogP contribution is -2.53. The van der Waals surface area contributed by atoms with Gasteiger partial charge < -0.3 is 20.1 Å². The number of methoxy groups -OCH3 is 1. The number of esters is 1. The molecule has 3 amide bonds. The predicted octanol–water partition coefficient (Wildman–Crippen LogP) is 1.60. The Hall–Kier alpha value is -2.46. The Morgan fingerprint density at radius 2 is 1.97 bits per heavy atom. The SMILES string of the molecule is COC(=O)[C@H](C[C@@H]1CCCNC1=O)NC(=O)[C@@H]1C[C@@]2(CN1C(=O)OC(C)(C)C)CC2(F)F. The van der Waals surface area contributed by atoms with Crippen LogP contribution in [0, 0.1) is 11.3 Å². The maximum Gasteiger partial charge on any atom is 0.410 e. The van der Waals surface area contributed by atoms with Crippen LogP contribution in [-0.4, -0.2) is 72.6 Å². The zero-order chi connectivity index (χ0) is 23.9. The molecule has 0 aromatic carbocycles. The van der Waals surface area contributed by atoms with Crippen LogP contribution in [-0.2, 0) is 23.9 Å². The van der Waals surface area contributed by atoms with Crippen LogP contribution in [0.2, 0.25) is 0 Å². The summed E-state index contributed by atoms with van der Waals surface area (Å²) in [6.07, 6.45) is -0.194. The number of nitrogens with one attached hydrogen (secondary N) is 2. The average Bonchev–Trinajstić information content (AvgIpc) is 3.02. The van der Waals surface area contributed by atoms with Crippen molar-refractivity contribution in [1.29, 1.82) is 0 Å². The molecule has 1 saturated carbocycles. The summed E-state index contributed by atoms with van der Waals surface area (Å²) in [6.45, 7) is 5.16. The number of carbonyl (C=O) groups excluding carboxylic acids is 4. The molecule has 0 unspecified atom stereocenters. The van der Waals surface area contributed by atoms with Gasteiger partial charge in [-0.3, -0.25) is 14.5 Å². The van der Waals surface area contributed by atoms with Gasteiger partial charge >= 0.3 is 12.1 Å². The average molecular weight is 459 g/mol. The molecule has 1 aliphatic carbocycles. The Balaban J connectivity index is 1.76. The first-order chi connectivity index (χ1) is 14.8. The number of halogens is 2. The summed E-state index contributed by atoms with van der Waals surface area (Å²) in [7, 11) is 1.16. The van der Waals surface area contributed by atoms with Crippen molar-refractivity contribution in [1.82, 2.24) is 15.5 Å². The highest BCUT2D eigenvalue weighted by Gasteiger charge is 2.75. The van der Waals surface area contributed by atoms with Crippen LogP contribution < -0.4 is 10.6 Å². The van der Waals surface area contributed by atoms with Gasteiger partial charge in [0.1, 0.15) is 17.7 Å². The van der Waals surface area contributed by atoms with Crippen LogP contribution >= 0.6 is 0 Å². The first-order valence-corrected chi connectivity index (χ1v) is 10.8. The highest BCUT2D eigenvalue weighted by molar-refractivity contribution is 5.91. The number of amides is 3. The van der Waals surface area contributed by atoms with Gasteiger partial charge in [0.2, 0.25) is 11.8 Å². The molecular weight excluding hydrogens is 428 g/mol. The first-order valence-electron chi connectivity index (χ1n) is 10.8. The monoisotopic (exact) mass is 459 g/mol. The predicted molar refractivity (Wildman–Crippen MR) is 108 cm³/mol. The lowest BCUT2D eigenvalue weighted by atomic mass is 9.91. The molecule has 32 heavy (non-hydrogen) atoms. The molecule has 4 atom stereocenters. The molecule has 0 aromatic heterocycles. The van der Waals surface area contributed by atoms with Crippen molar-refractivity contribution < 1.29 is 37.4 Å². The van der Waals surface area contributed by atoms with Crippen LogP contribution in [0.3, 0.4) is 0 Å². The number of piperidine rings is 1. The van der Waals surface area contributed by atoms with E-state index in [1.165, 1.54) is 0 Å². The largest absolute Gasteiger partial charge is 0.467 e. The fourth-order valence-electron chi connectivity index (χ4n) is 4.47. The van der Waals surface area contributed by atoms with Gasteiger partial charge in [-0.05, 0) is 46.5 Å². The molecular formula is C21H31F2N3O6. The van der Waals surface area contributed by atoms with E-state index in [4.69, 9.17) is 9.47 Å². The molecule has 2 saturated heterocycles. The van der Waals surface area contributed by atoms with Crippen molar-refractivity contribution in [3.63, 3.8) is 0 Å². The normalized spacial score (nSPS) is 29.8. The van der Waals surface area contributed by atoms with Crippen molar-refractivity contribution in [3.05, 3.63) is 0 Å². The van der Waals surface area contributed by atoms with Crippen LogP contribution in [0.25, 0.3) is 0 Å². The highest BCUT2D eigenvalue weighted by atomic mass is 19.3. The standard InChI is InChI=1S/C21H31F2N3O6/c1-19(2,3)32-18(30)26-11-20(10-21(20,22)23)9-14(26)16(28)25-13(17(29)31-4)8-12-6-5-7-24-15(12)27/h12-14H,5-11H2,1-4H3,(H,24,27)(H,25,28)/t12-,13-,14-,20-/m0/s1. The van der Waals surface area contributed by atoms with E-state index in [0.717, 1.165) is 18.4 Å². The molecule has 2 heterocycles. The minimum absolute atomic E-state index is 0.0186. The molecule has 2 N–H and O–H groups in total. The topological polar surface area (TPSA) is 114 Å². The highest BCUT2D eigenvalue weighted by Crippen LogP contribution is 2.66. The molecule has 3 rings (SSSR count). The van der Waals surface area contributed by atoms with Gasteiger partial charge in [0.25, 0.3) is 5.92 Å². The van der Waals surface area contributed by atoms with Crippen molar-refractivity contribution in [2.24, 2.45) is 11.3 Å². The number of likely N-dealkylation sites (tertiary alicyclic amines) is 1. The summed E-state index contributed by atoms with van der Waals surface area (Å²) in [5, 5.41) is 5.25. The molecule has 9 nitrogen and oxygen atoms in total. The van der Waals surface area contributed by atoms with Gasteiger partial charge in [-0.1, -0.05) is 0 Å². The maximum absolute atomic E-state index is 14.1. The molecule has 0 bridgehead atoms. The van der Waals surface area contributed by atoms with E-state index in [-0.39, 0.29) is 25.3 Å². The Bertz CT molecular complexity index is 799. The van der Waals surface area contributed by atoms with Gasteiger partial charge in [-0.15, -0.1) is 0 Å². The first kappa shape index (κ1) is 24.2. The number of nitrogens with zero attached hydrogens (tertiary/aromatic N) is 1. The number of hydrogen-bond donors (Lipinski definition) is 2. The van der Waals surface area contributed by atoms with E-state index in [1.807, 2.05) is 0 Å². The second-order valence-corrected chi connectivity index (χ2v) is 9.94. The molecule has 3 fully saturated rings. The zero-order valence-corrected chi connectivity index (χ0v) is 18.8. The van der Waals surface area contributed by atoms with Crippen molar-refractivity contribution >= 4 is 23.9 Å². The summed E-state index contributed by atoms with van der Waals surface area (Å²) >= 11 is 0. The Morgan fingerprint density at radius 3 is 2.50 bits per heavy atom. The van der Waals surface area contributed by atoms with Gasteiger partial charge in [0, 0.05) is 25.4 Å². The van der Waals surface area contributed by atoms with Crippen LogP contribution in [0.4, 0.5) is 13.6 Å². The fourth-order valence-corrected chi connectivity index (χ4v) is 4.47. The summed E-state index contributed by atoms with van der Waals surface area (Å²) < 4.78 is 38.2. The zero-order valence-electron chi connectivity index (χ0n) is 18.8. The van der Waals surface area contributed by atoms with E-state index in [0.29, 0.717) is 13.0 Å². The Kier molecular flexibility index (Phi) is 6.41. The summed E-state index contributed by atoms with van der Waals surface area (Å²) in [5.41, 5.74) is -2.33. The number of carbonyl (C=O) groups is 4. The smallest absolute Gasteiger partial charge is 0.410 e. The van der Waals surface area contributed by atoms with Crippen molar-refractivity contribution in [3.8, 4) is 0 Å². The molecule has 1 spiro atoms. The van der Waals surface area contributed by atoms with E-state index >= 15 is 0 Å². The summed E-state index contributed by atoms with van der Waals surface area (Å²) in [6, 6.07) is -2.36. The van der Waals surface area contributed by atoms with E-state index in [9.17, 15) is 28.0 Å². The minimum Gasteiger partial charge on any atom is -0.467 e. The molecule has 11 heteroatoms. The van der Waals surface area contributed by atoms with E-state index < -0.39 is 59.3 Å². The third-order valence-electron chi connectivity index (χ3n) is 6.30. The van der Waals surface area contributed by atoms with Gasteiger partial charge in [0.15, 0.2) is 0 Å². The van der Waals surface area contributed by atoms with Gasteiger partial charge in [0.05, 0.1) is 12.5 Å². The van der Waals surface area contributed by atoms with Crippen LogP contribution in [0.15, 0.2) is 0 Å². The van der Waals surface area contributed by atoms with Gasteiger partial charge in [-0.25, -0.2) is 18.4 Å². The lowest BCUT2D eigenvalue weighted by Gasteiger charge is -2.29. The number of alkyl halides is 2. The van der Waals surface area contributed by atoms with Crippen molar-refractivity contribution in [2.75, 3.05) is 20.2 Å². The number of ether oxygens (including phenoxy) is 2. The Labute approximate surface area is 185 Å². The molecule has 0 aromatic rings. The minimum atomic E-state index is -2.97. The summed E-state index contributed by atoms with van der Waals surface area (Å²) in [4.78, 5) is 51.2. The quantitative estimate of drug-likeness (QED) is 0.604. The molecule has 0 radical (unpaired) electrons. The lowest BCUT2D eigenvalue weighted by molar-refractivity contribution is -0.146. The Morgan fingerprint density at radius 1 is 1.31 bits per heavy atom. The number of rotatable bonds is 5. The third kappa shape index (κ3) is 4.96. The third-order valence-corrected chi connectivity index (χ3v) is 6.30. The fraction of sp³-hybridized carbons (Fsp3) is 0.810. The molecule has 180 valence electrons. The second-order valence-electron chi connectivity index (χ2n) is 9.94. The van der Waals surface area contributed by atoms with E-state index in [2.05, 4.69) is 10.6 Å². The van der Waals surface area contributed by atoms with E-state index in [1.54, 1.807) is 20.8 Å². The van der Waals surface area contributed by atoms with Crippen LogP contribution in [0.1, 0.15) is 52.9 Å². The molecule has 3 aliphatic rings. The molecule has 2 aliphatic heterocycles. The van der Waals surface area contributed by atoms with Crippen LogP contribution in [0.5, 0.6) is 0 Å². The summed E-state index contributed by atoms with van der Waals surface area (Å²) in [5.74, 6) is -5.17. The number of hydrogen-bond acceptors (Lipinski definition) is 6. The van der Waals surface area contributed by atoms with Gasteiger partial charge in [-0.2, -0.15) is 0 Å². The van der Waals surface area contributed by atoms with Crippen molar-refractivity contribution in [2.45, 2.75) is 76.5 Å². The second kappa shape index (κ2) is 8.47.